The van der Waals surface area contributed by atoms with Gasteiger partial charge in [-0.25, -0.2) is 10.1 Å². The minimum Gasteiger partial charge on any atom is -0.460 e. The molecule has 0 unspecified atom stereocenters. The zero-order valence-corrected chi connectivity index (χ0v) is 13.3. The van der Waals surface area contributed by atoms with Gasteiger partial charge in [0, 0.05) is 6.92 Å². The number of hydrogen-bond donors (Lipinski definition) is 1. The van der Waals surface area contributed by atoms with Crippen LogP contribution in [0.4, 0.5) is 0 Å². The highest BCUT2D eigenvalue weighted by atomic mass is 17.5. The van der Waals surface area contributed by atoms with E-state index in [0.29, 0.717) is 13.2 Å². The summed E-state index contributed by atoms with van der Waals surface area (Å²) in [6.45, 7) is 4.01. The molecule has 1 N–H and O–H groups in total. The maximum Gasteiger partial charge on any atom is 0.302 e. The second kappa shape index (κ2) is 10.1. The highest BCUT2D eigenvalue weighted by molar-refractivity contribution is 5.65. The van der Waals surface area contributed by atoms with Gasteiger partial charge < -0.3 is 13.7 Å². The van der Waals surface area contributed by atoms with Gasteiger partial charge in [0.25, 0.3) is 0 Å². The number of rotatable bonds is 7. The number of carbonyl (C=O) groups is 1. The average Bonchev–Trinajstić information content (AvgIpc) is 2.14. The highest BCUT2D eigenvalue weighted by Crippen LogP contribution is 1.89. The average molecular weight is 282 g/mol. The van der Waals surface area contributed by atoms with Crippen LogP contribution in [0, 0.1) is 0 Å². The van der Waals surface area contributed by atoms with Crippen molar-refractivity contribution in [1.29, 1.82) is 0 Å². The smallest absolute Gasteiger partial charge is 0.302 e. The van der Waals surface area contributed by atoms with Gasteiger partial charge in [-0.2, -0.15) is 0 Å². The fourth-order valence-corrected chi connectivity index (χ4v) is 0.812. The van der Waals surface area contributed by atoms with Crippen LogP contribution in [0.5, 0.6) is 0 Å². The third-order valence-corrected chi connectivity index (χ3v) is 1.97. The second-order valence-electron chi connectivity index (χ2n) is 6.26. The lowest BCUT2D eigenvalue weighted by atomic mass is 10.5. The number of nitrogens with zero attached hydrogens (tertiary/aromatic N) is 2. The molecule has 0 bridgehead atoms. The second-order valence-corrected chi connectivity index (χ2v) is 6.26. The van der Waals surface area contributed by atoms with E-state index in [2.05, 4.69) is 31.1 Å². The minimum atomic E-state index is -0.201. The molecule has 7 nitrogen and oxygen atoms in total. The first-order valence-corrected chi connectivity index (χ1v) is 6.15. The van der Waals surface area contributed by atoms with Crippen LogP contribution in [-0.2, 0) is 19.5 Å². The molecule has 0 fully saturated rings. The lowest BCUT2D eigenvalue weighted by Crippen LogP contribution is -2.37. The Labute approximate surface area is 116 Å². The molecule has 116 valence electrons. The molecule has 0 aliphatic carbocycles. The maximum absolute atomic E-state index is 10.3. The van der Waals surface area contributed by atoms with Crippen LogP contribution in [-0.4, -0.2) is 88.8 Å². The van der Waals surface area contributed by atoms with Crippen molar-refractivity contribution < 1.29 is 33.7 Å². The Morgan fingerprint density at radius 1 is 0.947 bits per heavy atom. The number of hydrogen-bond acceptors (Lipinski definition) is 5. The number of ether oxygens (including phenoxy) is 1. The third-order valence-electron chi connectivity index (χ3n) is 1.97. The summed E-state index contributed by atoms with van der Waals surface area (Å²) >= 11 is 0. The van der Waals surface area contributed by atoms with Crippen LogP contribution in [0.25, 0.3) is 0 Å². The molecule has 0 amide bonds. The number of carbonyl (C=O) groups excluding carboxylic acids is 1. The molecule has 0 aliphatic rings. The summed E-state index contributed by atoms with van der Waals surface area (Å²) in [6.07, 6.45) is 0. The quantitative estimate of drug-likeness (QED) is 0.240. The van der Waals surface area contributed by atoms with Gasteiger partial charge in [0.15, 0.2) is 0 Å². The lowest BCUT2D eigenvalue weighted by molar-refractivity contribution is -0.872. The fourth-order valence-electron chi connectivity index (χ4n) is 0.812. The molecular formula is C12H30N2O5+2. The number of likely N-dealkylation sites (N-methyl/N-ethyl adjacent to an activating group) is 2. The van der Waals surface area contributed by atoms with Crippen LogP contribution >= 0.6 is 0 Å². The summed E-state index contributed by atoms with van der Waals surface area (Å²) in [5.74, 6) is -0.201. The highest BCUT2D eigenvalue weighted by Gasteiger charge is 2.06. The van der Waals surface area contributed by atoms with Crippen molar-refractivity contribution in [3.63, 3.8) is 0 Å². The molecule has 0 aromatic heterocycles. The van der Waals surface area contributed by atoms with Crippen LogP contribution in [0.1, 0.15) is 6.92 Å². The summed E-state index contributed by atoms with van der Waals surface area (Å²) in [4.78, 5) is 14.5. The molecule has 0 radical (unpaired) electrons. The SMILES string of the molecule is CC(=O)OCC[N+](C)(C)C.C[N+](C)(C)CCOOO. The van der Waals surface area contributed by atoms with Gasteiger partial charge >= 0.3 is 5.97 Å². The van der Waals surface area contributed by atoms with E-state index in [1.165, 1.54) is 6.92 Å². The fraction of sp³-hybridized carbons (Fsp3) is 0.917. The van der Waals surface area contributed by atoms with Gasteiger partial charge in [-0.05, 0) is 0 Å². The predicted molar refractivity (Wildman–Crippen MR) is 72.1 cm³/mol. The first-order valence-electron chi connectivity index (χ1n) is 6.15. The van der Waals surface area contributed by atoms with E-state index in [1.54, 1.807) is 0 Å². The Kier molecular flexibility index (Phi) is 10.9. The van der Waals surface area contributed by atoms with Gasteiger partial charge in [0.1, 0.15) is 26.3 Å². The van der Waals surface area contributed by atoms with Gasteiger partial charge in [-0.1, -0.05) is 5.04 Å². The molecule has 19 heavy (non-hydrogen) atoms. The number of quaternary nitrogens is 2. The summed E-state index contributed by atoms with van der Waals surface area (Å²) in [7, 11) is 12.3. The third kappa shape index (κ3) is 26.7. The Bertz CT molecular complexity index is 233. The Hall–Kier alpha value is -0.730. The molecule has 0 aliphatic heterocycles. The molecule has 0 spiro atoms. The standard InChI is InChI=1S/C7H16NO2.C5H13NO3/c1-7(9)10-6-5-8(2,3)4;1-6(2,3)4-5-8-9-7/h5-6H2,1-4H3;4-5H2,1-3H3/q+1;/p+1. The number of esters is 1. The minimum absolute atomic E-state index is 0.201. The first kappa shape index (κ1) is 20.6. The van der Waals surface area contributed by atoms with Crippen molar-refractivity contribution in [3.05, 3.63) is 0 Å². The summed E-state index contributed by atoms with van der Waals surface area (Å²) in [5, 5.41) is 11.2. The van der Waals surface area contributed by atoms with Crippen molar-refractivity contribution in [1.82, 2.24) is 0 Å². The molecule has 0 saturated carbocycles. The van der Waals surface area contributed by atoms with E-state index < -0.39 is 0 Å². The summed E-state index contributed by atoms with van der Waals surface area (Å²) < 4.78 is 6.38. The van der Waals surface area contributed by atoms with Crippen LogP contribution in [0.2, 0.25) is 0 Å². The van der Waals surface area contributed by atoms with E-state index in [-0.39, 0.29) is 5.97 Å². The predicted octanol–water partition coefficient (Wildman–Crippen LogP) is 0.370. The topological polar surface area (TPSA) is 65.0 Å². The van der Waals surface area contributed by atoms with E-state index in [1.807, 2.05) is 21.1 Å². The molecule has 0 saturated heterocycles. The van der Waals surface area contributed by atoms with Crippen molar-refractivity contribution in [2.45, 2.75) is 6.92 Å². The summed E-state index contributed by atoms with van der Waals surface area (Å²) in [5.41, 5.74) is 0. The van der Waals surface area contributed by atoms with Gasteiger partial charge in [0.05, 0.1) is 42.3 Å². The molecular weight excluding hydrogens is 252 g/mol. The van der Waals surface area contributed by atoms with Gasteiger partial charge in [0.2, 0.25) is 0 Å². The van der Waals surface area contributed by atoms with Crippen LogP contribution in [0.15, 0.2) is 0 Å². The zero-order chi connectivity index (χ0) is 15.5. The zero-order valence-electron chi connectivity index (χ0n) is 13.3. The summed E-state index contributed by atoms with van der Waals surface area (Å²) in [6, 6.07) is 0. The monoisotopic (exact) mass is 282 g/mol. The maximum atomic E-state index is 10.3. The largest absolute Gasteiger partial charge is 0.460 e. The molecule has 0 aromatic carbocycles. The Balaban J connectivity index is 0. The molecule has 0 heterocycles. The van der Waals surface area contributed by atoms with E-state index in [9.17, 15) is 4.79 Å². The molecule has 0 aromatic rings. The normalized spacial score (nSPS) is 11.6. The van der Waals surface area contributed by atoms with E-state index >= 15 is 0 Å². The Morgan fingerprint density at radius 2 is 1.37 bits per heavy atom. The Morgan fingerprint density at radius 3 is 1.68 bits per heavy atom. The molecule has 0 rings (SSSR count). The van der Waals surface area contributed by atoms with Crippen molar-refractivity contribution >= 4 is 5.97 Å². The molecule has 7 heteroatoms. The molecule has 0 atom stereocenters. The van der Waals surface area contributed by atoms with Crippen LogP contribution in [0.3, 0.4) is 0 Å². The van der Waals surface area contributed by atoms with Crippen LogP contribution < -0.4 is 0 Å². The van der Waals surface area contributed by atoms with Crippen molar-refractivity contribution in [2.24, 2.45) is 0 Å². The van der Waals surface area contributed by atoms with Crippen molar-refractivity contribution in [2.75, 3.05) is 68.6 Å². The van der Waals surface area contributed by atoms with E-state index in [0.717, 1.165) is 22.1 Å². The van der Waals surface area contributed by atoms with Crippen molar-refractivity contribution in [3.8, 4) is 0 Å². The lowest BCUT2D eigenvalue weighted by Gasteiger charge is -2.23. The van der Waals surface area contributed by atoms with Gasteiger partial charge in [-0.15, -0.1) is 0 Å². The van der Waals surface area contributed by atoms with Gasteiger partial charge in [-0.3, -0.25) is 4.79 Å². The first-order chi connectivity index (χ1) is 8.48. The van der Waals surface area contributed by atoms with E-state index in [4.69, 9.17) is 9.99 Å².